The van der Waals surface area contributed by atoms with E-state index < -0.39 is 0 Å². The van der Waals surface area contributed by atoms with Crippen LogP contribution in [0.4, 0.5) is 5.69 Å². The quantitative estimate of drug-likeness (QED) is 0.743. The summed E-state index contributed by atoms with van der Waals surface area (Å²) >= 11 is 0. The summed E-state index contributed by atoms with van der Waals surface area (Å²) in [5.41, 5.74) is 1.58. The highest BCUT2D eigenvalue weighted by molar-refractivity contribution is 5.98. The van der Waals surface area contributed by atoms with E-state index in [1.165, 1.54) is 6.08 Å². The summed E-state index contributed by atoms with van der Waals surface area (Å²) in [5, 5.41) is 5.18. The average Bonchev–Trinajstić information content (AvgIpc) is 2.31. The number of hydrogen-bond acceptors (Lipinski definition) is 2. The molecular weight excluding hydrogens is 204 g/mol. The van der Waals surface area contributed by atoms with Crippen LogP contribution >= 0.6 is 0 Å². The highest BCUT2D eigenvalue weighted by Gasteiger charge is 2.01. The van der Waals surface area contributed by atoms with Gasteiger partial charge in [-0.2, -0.15) is 0 Å². The maximum Gasteiger partial charge on any atom is 0.247 e. The Bertz CT molecular complexity index is 396. The third-order valence-electron chi connectivity index (χ3n) is 2.05. The van der Waals surface area contributed by atoms with Crippen molar-refractivity contribution in [1.82, 2.24) is 5.32 Å². The average molecular weight is 218 g/mol. The van der Waals surface area contributed by atoms with Crippen molar-refractivity contribution in [3.05, 3.63) is 42.5 Å². The fourth-order valence-electron chi connectivity index (χ4n) is 1.17. The number of benzene rings is 1. The molecule has 1 rings (SSSR count). The smallest absolute Gasteiger partial charge is 0.247 e. The van der Waals surface area contributed by atoms with Crippen LogP contribution in [0.25, 0.3) is 0 Å². The van der Waals surface area contributed by atoms with Gasteiger partial charge in [-0.15, -0.1) is 0 Å². The first-order chi connectivity index (χ1) is 7.65. The molecule has 2 amide bonds. The van der Waals surface area contributed by atoms with Crippen molar-refractivity contribution >= 4 is 17.5 Å². The van der Waals surface area contributed by atoms with E-state index in [0.717, 1.165) is 5.56 Å². The van der Waals surface area contributed by atoms with Crippen molar-refractivity contribution in [2.75, 3.05) is 12.4 Å². The summed E-state index contributed by atoms with van der Waals surface area (Å²) in [6.07, 6.45) is 1.55. The molecule has 0 bridgehead atoms. The topological polar surface area (TPSA) is 58.2 Å². The molecule has 0 unspecified atom stereocenters. The van der Waals surface area contributed by atoms with Gasteiger partial charge in [0.05, 0.1) is 6.42 Å². The van der Waals surface area contributed by atoms with E-state index in [1.54, 1.807) is 31.3 Å². The minimum absolute atomic E-state index is 0.0390. The number of likely N-dealkylation sites (N-methyl/N-ethyl adjacent to an activating group) is 1. The summed E-state index contributed by atoms with van der Waals surface area (Å²) < 4.78 is 0. The van der Waals surface area contributed by atoms with E-state index in [9.17, 15) is 9.59 Å². The normalized spacial score (nSPS) is 9.31. The molecule has 2 N–H and O–H groups in total. The Balaban J connectivity index is 2.64. The molecule has 0 aliphatic carbocycles. The van der Waals surface area contributed by atoms with Crippen molar-refractivity contribution in [2.45, 2.75) is 6.42 Å². The molecule has 0 fully saturated rings. The standard InChI is InChI=1S/C12H14N2O2/c1-3-11(15)14-10-6-4-9(5-7-10)8-12(16)13-2/h3-7H,1,8H2,2H3,(H,13,16)(H,14,15). The van der Waals surface area contributed by atoms with Crippen LogP contribution in [0, 0.1) is 0 Å². The summed E-state index contributed by atoms with van der Waals surface area (Å²) in [6.45, 7) is 3.36. The number of carbonyl (C=O) groups is 2. The number of amides is 2. The SMILES string of the molecule is C=CC(=O)Nc1ccc(CC(=O)NC)cc1. The van der Waals surface area contributed by atoms with E-state index in [0.29, 0.717) is 12.1 Å². The van der Waals surface area contributed by atoms with Gasteiger partial charge in [0.2, 0.25) is 11.8 Å². The maximum atomic E-state index is 11.1. The Morgan fingerprint density at radius 1 is 1.31 bits per heavy atom. The van der Waals surface area contributed by atoms with E-state index in [1.807, 2.05) is 0 Å². The molecule has 1 aromatic carbocycles. The Labute approximate surface area is 94.4 Å². The number of rotatable bonds is 4. The van der Waals surface area contributed by atoms with Crippen molar-refractivity contribution < 1.29 is 9.59 Å². The summed E-state index contributed by atoms with van der Waals surface area (Å²) in [4.78, 5) is 22.1. The third-order valence-corrected chi connectivity index (χ3v) is 2.05. The monoisotopic (exact) mass is 218 g/mol. The van der Waals surface area contributed by atoms with Crippen LogP contribution in [0.3, 0.4) is 0 Å². The third kappa shape index (κ3) is 3.57. The van der Waals surface area contributed by atoms with Gasteiger partial charge in [0.1, 0.15) is 0 Å². The number of hydrogen-bond donors (Lipinski definition) is 2. The van der Waals surface area contributed by atoms with E-state index in [-0.39, 0.29) is 11.8 Å². The van der Waals surface area contributed by atoms with Gasteiger partial charge in [0.15, 0.2) is 0 Å². The van der Waals surface area contributed by atoms with Crippen molar-refractivity contribution in [2.24, 2.45) is 0 Å². The van der Waals surface area contributed by atoms with Gasteiger partial charge < -0.3 is 10.6 Å². The molecule has 0 atom stereocenters. The molecule has 0 heterocycles. The molecule has 0 radical (unpaired) electrons. The fourth-order valence-corrected chi connectivity index (χ4v) is 1.17. The van der Waals surface area contributed by atoms with Gasteiger partial charge in [-0.3, -0.25) is 9.59 Å². The molecule has 0 saturated carbocycles. The summed E-state index contributed by atoms with van der Waals surface area (Å²) in [5.74, 6) is -0.290. The molecule has 0 aliphatic rings. The molecule has 0 aromatic heterocycles. The lowest BCUT2D eigenvalue weighted by atomic mass is 10.1. The van der Waals surface area contributed by atoms with Crippen molar-refractivity contribution in [3.8, 4) is 0 Å². The Kier molecular flexibility index (Phi) is 4.27. The Hall–Kier alpha value is -2.10. The van der Waals surface area contributed by atoms with Crippen molar-refractivity contribution in [3.63, 3.8) is 0 Å². The molecule has 4 heteroatoms. The van der Waals surface area contributed by atoms with Crippen LogP contribution in [0.1, 0.15) is 5.56 Å². The lowest BCUT2D eigenvalue weighted by molar-refractivity contribution is -0.120. The first-order valence-corrected chi connectivity index (χ1v) is 4.88. The Morgan fingerprint density at radius 3 is 2.44 bits per heavy atom. The zero-order valence-electron chi connectivity index (χ0n) is 9.12. The second-order valence-corrected chi connectivity index (χ2v) is 3.24. The van der Waals surface area contributed by atoms with Gasteiger partial charge in [-0.25, -0.2) is 0 Å². The number of anilines is 1. The lowest BCUT2D eigenvalue weighted by Gasteiger charge is -2.04. The second kappa shape index (κ2) is 5.70. The number of nitrogens with one attached hydrogen (secondary N) is 2. The van der Waals surface area contributed by atoms with Crippen LogP contribution in [-0.4, -0.2) is 18.9 Å². The van der Waals surface area contributed by atoms with E-state index in [2.05, 4.69) is 17.2 Å². The summed E-state index contributed by atoms with van der Waals surface area (Å²) in [7, 11) is 1.60. The maximum absolute atomic E-state index is 11.1. The zero-order chi connectivity index (χ0) is 12.0. The second-order valence-electron chi connectivity index (χ2n) is 3.24. The highest BCUT2D eigenvalue weighted by Crippen LogP contribution is 2.09. The van der Waals surface area contributed by atoms with E-state index in [4.69, 9.17) is 0 Å². The molecular formula is C12H14N2O2. The van der Waals surface area contributed by atoms with Crippen LogP contribution in [-0.2, 0) is 16.0 Å². The molecule has 0 spiro atoms. The van der Waals surface area contributed by atoms with Gasteiger partial charge in [0.25, 0.3) is 0 Å². The Morgan fingerprint density at radius 2 is 1.94 bits per heavy atom. The minimum Gasteiger partial charge on any atom is -0.359 e. The molecule has 4 nitrogen and oxygen atoms in total. The van der Waals surface area contributed by atoms with Crippen LogP contribution in [0.15, 0.2) is 36.9 Å². The molecule has 84 valence electrons. The predicted octanol–water partition coefficient (Wildman–Crippen LogP) is 1.10. The van der Waals surface area contributed by atoms with Crippen molar-refractivity contribution in [1.29, 1.82) is 0 Å². The first-order valence-electron chi connectivity index (χ1n) is 4.88. The van der Waals surface area contributed by atoms with E-state index >= 15 is 0 Å². The van der Waals surface area contributed by atoms with Crippen LogP contribution in [0.2, 0.25) is 0 Å². The molecule has 0 saturated heterocycles. The fraction of sp³-hybridized carbons (Fsp3) is 0.167. The van der Waals surface area contributed by atoms with Gasteiger partial charge in [0, 0.05) is 12.7 Å². The van der Waals surface area contributed by atoms with Gasteiger partial charge >= 0.3 is 0 Å². The highest BCUT2D eigenvalue weighted by atomic mass is 16.2. The number of carbonyl (C=O) groups excluding carboxylic acids is 2. The zero-order valence-corrected chi connectivity index (χ0v) is 9.12. The predicted molar refractivity (Wildman–Crippen MR) is 63.0 cm³/mol. The molecule has 1 aromatic rings. The van der Waals surface area contributed by atoms with Gasteiger partial charge in [-0.05, 0) is 23.8 Å². The molecule has 0 aliphatic heterocycles. The van der Waals surface area contributed by atoms with Crippen LogP contribution in [0.5, 0.6) is 0 Å². The largest absolute Gasteiger partial charge is 0.359 e. The molecule has 16 heavy (non-hydrogen) atoms. The van der Waals surface area contributed by atoms with Gasteiger partial charge in [-0.1, -0.05) is 18.7 Å². The first kappa shape index (κ1) is 12.0. The minimum atomic E-state index is -0.251. The lowest BCUT2D eigenvalue weighted by Crippen LogP contribution is -2.19. The van der Waals surface area contributed by atoms with Crippen LogP contribution < -0.4 is 10.6 Å². The summed E-state index contributed by atoms with van der Waals surface area (Å²) in [6, 6.07) is 7.10.